The summed E-state index contributed by atoms with van der Waals surface area (Å²) in [6, 6.07) is 59.2. The SMILES string of the molecule is C1=C[C@H]2C(c3ccccc3)c3ccc([nH]3)C(c3ccccc3)c3ccc4n3[SiH2]N2C1[C@H](c1ccccc1)c1ccc([nH]1)C4c1ccccc1. The first-order chi connectivity index (χ1) is 24.3. The molecule has 0 aliphatic carbocycles. The minimum Gasteiger partial charge on any atom is -0.365 e. The highest BCUT2D eigenvalue weighted by Gasteiger charge is 2.43. The maximum atomic E-state index is 4.04. The van der Waals surface area contributed by atoms with Gasteiger partial charge in [-0.3, -0.25) is 4.57 Å². The van der Waals surface area contributed by atoms with Crippen molar-refractivity contribution in [1.29, 1.82) is 0 Å². The number of aromatic nitrogens is 3. The Morgan fingerprint density at radius 1 is 0.388 bits per heavy atom. The van der Waals surface area contributed by atoms with Crippen LogP contribution in [-0.4, -0.2) is 40.7 Å². The maximum Gasteiger partial charge on any atom is 0.207 e. The van der Waals surface area contributed by atoms with Crippen LogP contribution in [0, 0.1) is 0 Å². The highest BCUT2D eigenvalue weighted by Crippen LogP contribution is 2.46. The van der Waals surface area contributed by atoms with Gasteiger partial charge in [0.15, 0.2) is 0 Å². The van der Waals surface area contributed by atoms with Gasteiger partial charge in [-0.15, -0.1) is 0 Å². The Morgan fingerprint density at radius 3 is 1.16 bits per heavy atom. The maximum absolute atomic E-state index is 4.04. The summed E-state index contributed by atoms with van der Waals surface area (Å²) in [7, 11) is -1.10. The molecule has 0 spiro atoms. The molecule has 5 heteroatoms. The molecule has 0 radical (unpaired) electrons. The van der Waals surface area contributed by atoms with Gasteiger partial charge in [-0.25, -0.2) is 0 Å². The van der Waals surface area contributed by atoms with Gasteiger partial charge in [0.2, 0.25) is 9.84 Å². The van der Waals surface area contributed by atoms with E-state index < -0.39 is 9.84 Å². The van der Waals surface area contributed by atoms with E-state index in [1.54, 1.807) is 0 Å². The lowest BCUT2D eigenvalue weighted by Crippen LogP contribution is -2.49. The summed E-state index contributed by atoms with van der Waals surface area (Å²) in [6.07, 6.45) is 5.06. The molecule has 2 N–H and O–H groups in total. The van der Waals surface area contributed by atoms with Gasteiger partial charge in [-0.2, -0.15) is 0 Å². The average Bonchev–Trinajstić information content (AvgIpc) is 3.98. The second-order valence-electron chi connectivity index (χ2n) is 13.8. The number of nitrogens with one attached hydrogen (secondary N) is 2. The largest absolute Gasteiger partial charge is 0.365 e. The molecular formula is C44H38N4Si. The first-order valence-electron chi connectivity index (χ1n) is 17.5. The molecule has 4 nitrogen and oxygen atoms in total. The van der Waals surface area contributed by atoms with Crippen molar-refractivity contribution in [2.75, 3.05) is 0 Å². The van der Waals surface area contributed by atoms with Crippen LogP contribution < -0.4 is 0 Å². The number of fused-ring (bicyclic) bond motifs is 4. The number of hydrogen-bond donors (Lipinski definition) is 2. The van der Waals surface area contributed by atoms with E-state index in [0.717, 1.165) is 0 Å². The minimum absolute atomic E-state index is 0.0849. The molecule has 6 atom stereocenters. The van der Waals surface area contributed by atoms with Crippen molar-refractivity contribution in [3.8, 4) is 0 Å². The number of aromatic amines is 2. The Hall–Kier alpha value is -5.36. The fourth-order valence-corrected chi connectivity index (χ4v) is 11.4. The van der Waals surface area contributed by atoms with E-state index in [9.17, 15) is 0 Å². The zero-order valence-electron chi connectivity index (χ0n) is 27.2. The van der Waals surface area contributed by atoms with Gasteiger partial charge in [0.1, 0.15) is 0 Å². The molecule has 49 heavy (non-hydrogen) atoms. The zero-order chi connectivity index (χ0) is 32.3. The third kappa shape index (κ3) is 4.68. The van der Waals surface area contributed by atoms with Gasteiger partial charge in [0, 0.05) is 58.1 Å². The lowest BCUT2D eigenvalue weighted by Gasteiger charge is -2.41. The van der Waals surface area contributed by atoms with E-state index in [0.29, 0.717) is 0 Å². The van der Waals surface area contributed by atoms with Crippen molar-refractivity contribution in [2.45, 2.75) is 35.8 Å². The van der Waals surface area contributed by atoms with Crippen molar-refractivity contribution in [3.63, 3.8) is 0 Å². The quantitative estimate of drug-likeness (QED) is 0.146. The Morgan fingerprint density at radius 2 is 0.755 bits per heavy atom. The van der Waals surface area contributed by atoms with Crippen molar-refractivity contribution in [1.82, 2.24) is 18.8 Å². The molecule has 3 aromatic heterocycles. The number of H-pyrrole nitrogens is 2. The van der Waals surface area contributed by atoms with Gasteiger partial charge < -0.3 is 14.2 Å². The summed E-state index contributed by atoms with van der Waals surface area (Å²) in [5.74, 6) is 0.511. The van der Waals surface area contributed by atoms with E-state index in [1.165, 1.54) is 56.4 Å². The van der Waals surface area contributed by atoms with Gasteiger partial charge >= 0.3 is 0 Å². The summed E-state index contributed by atoms with van der Waals surface area (Å²) in [4.78, 5) is 8.09. The first kappa shape index (κ1) is 28.6. The van der Waals surface area contributed by atoms with Crippen molar-refractivity contribution in [2.24, 2.45) is 0 Å². The molecule has 0 fully saturated rings. The Bertz CT molecular complexity index is 2090. The van der Waals surface area contributed by atoms with Crippen LogP contribution >= 0.6 is 0 Å². The molecule has 0 amide bonds. The molecular weight excluding hydrogens is 613 g/mol. The second-order valence-corrected chi connectivity index (χ2v) is 15.5. The number of benzene rings is 4. The van der Waals surface area contributed by atoms with Gasteiger partial charge in [0.25, 0.3) is 0 Å². The fraction of sp³-hybridized carbons (Fsp3) is 0.136. The monoisotopic (exact) mass is 650 g/mol. The molecule has 6 heterocycles. The third-order valence-electron chi connectivity index (χ3n) is 11.2. The lowest BCUT2D eigenvalue weighted by molar-refractivity contribution is 0.305. The standard InChI is InChI=1S/C44H38N4Si/c1-5-13-29(14-6-1)41-33-21-22-34(45-33)42(30-15-7-2-8-16-30)39-27-28-40-44(32-19-11-4-12-20-32)36-24-23-35(46-36)43(31-17-9-3-10-18-31)38-26-25-37(41)47(38)49-48(39)40/h1-28,37-38,41-46H,49H2/t37-,38?,41?,42?,43+,44?/m0/s1. The predicted octanol–water partition coefficient (Wildman–Crippen LogP) is 8.25. The van der Waals surface area contributed by atoms with Gasteiger partial charge in [0.05, 0.1) is 11.8 Å². The van der Waals surface area contributed by atoms with Crippen LogP contribution in [0.2, 0.25) is 0 Å². The Labute approximate surface area is 289 Å². The van der Waals surface area contributed by atoms with Crippen LogP contribution in [-0.2, 0) is 0 Å². The third-order valence-corrected chi connectivity index (χ3v) is 13.4. The summed E-state index contributed by atoms with van der Waals surface area (Å²) >= 11 is 0. The molecule has 3 aliphatic rings. The van der Waals surface area contributed by atoms with E-state index >= 15 is 0 Å². The van der Waals surface area contributed by atoms with Gasteiger partial charge in [-0.1, -0.05) is 133 Å². The highest BCUT2D eigenvalue weighted by molar-refractivity contribution is 6.31. The second kappa shape index (κ2) is 11.7. The molecule has 238 valence electrons. The van der Waals surface area contributed by atoms with E-state index in [1.807, 2.05) is 0 Å². The van der Waals surface area contributed by atoms with Crippen LogP contribution in [0.15, 0.2) is 170 Å². The smallest absolute Gasteiger partial charge is 0.207 e. The molecule has 0 saturated heterocycles. The van der Waals surface area contributed by atoms with Crippen LogP contribution in [0.5, 0.6) is 0 Å². The van der Waals surface area contributed by atoms with E-state index in [4.69, 9.17) is 0 Å². The fourth-order valence-electron chi connectivity index (χ4n) is 9.08. The lowest BCUT2D eigenvalue weighted by atomic mass is 9.88. The van der Waals surface area contributed by atoms with Gasteiger partial charge in [-0.05, 0) is 58.7 Å². The highest BCUT2D eigenvalue weighted by atomic mass is 28.2. The molecule has 0 saturated carbocycles. The van der Waals surface area contributed by atoms with E-state index in [-0.39, 0.29) is 35.8 Å². The molecule has 7 aromatic rings. The topological polar surface area (TPSA) is 39.8 Å². The molecule has 3 aliphatic heterocycles. The summed E-state index contributed by atoms with van der Waals surface area (Å²) in [5, 5.41) is 0. The molecule has 10 rings (SSSR count). The van der Waals surface area contributed by atoms with E-state index in [2.05, 4.69) is 189 Å². The molecule has 6 bridgehead atoms. The summed E-state index contributed by atoms with van der Waals surface area (Å²) in [5.41, 5.74) is 13.1. The average molecular weight is 651 g/mol. The Kier molecular flexibility index (Phi) is 6.81. The minimum atomic E-state index is -1.10. The predicted molar refractivity (Wildman–Crippen MR) is 200 cm³/mol. The number of nitrogens with zero attached hydrogens (tertiary/aromatic N) is 2. The van der Waals surface area contributed by atoms with Crippen LogP contribution in [0.4, 0.5) is 0 Å². The van der Waals surface area contributed by atoms with Crippen molar-refractivity contribution < 1.29 is 0 Å². The van der Waals surface area contributed by atoms with Crippen molar-refractivity contribution in [3.05, 3.63) is 226 Å². The van der Waals surface area contributed by atoms with Crippen molar-refractivity contribution >= 4 is 9.84 Å². The summed E-state index contributed by atoms with van der Waals surface area (Å²) < 4.78 is 5.72. The zero-order valence-corrected chi connectivity index (χ0v) is 28.6. The van der Waals surface area contributed by atoms with Crippen LogP contribution in [0.3, 0.4) is 0 Å². The number of rotatable bonds is 4. The summed E-state index contributed by atoms with van der Waals surface area (Å²) in [6.45, 7) is 0. The number of hydrogen-bond acceptors (Lipinski definition) is 1. The normalized spacial score (nSPS) is 24.6. The molecule has 4 unspecified atom stereocenters. The Balaban J connectivity index is 1.28. The van der Waals surface area contributed by atoms with Crippen LogP contribution in [0.1, 0.15) is 80.1 Å². The van der Waals surface area contributed by atoms with Crippen LogP contribution in [0.25, 0.3) is 0 Å². The molecule has 4 aromatic carbocycles. The first-order valence-corrected chi connectivity index (χ1v) is 18.8.